The van der Waals surface area contributed by atoms with E-state index < -0.39 is 11.7 Å². The van der Waals surface area contributed by atoms with Gasteiger partial charge in [0.05, 0.1) is 12.2 Å². The fourth-order valence-corrected chi connectivity index (χ4v) is 1.50. The molecule has 6 heteroatoms. The third-order valence-electron chi connectivity index (χ3n) is 2.64. The molecule has 0 unspecified atom stereocenters. The third kappa shape index (κ3) is 3.38. The van der Waals surface area contributed by atoms with Crippen LogP contribution in [0.15, 0.2) is 18.2 Å². The van der Waals surface area contributed by atoms with E-state index in [1.165, 1.54) is 6.07 Å². The van der Waals surface area contributed by atoms with Gasteiger partial charge in [0, 0.05) is 11.8 Å². The molecule has 18 heavy (non-hydrogen) atoms. The topological polar surface area (TPSA) is 38.3 Å². The molecule has 0 bridgehead atoms. The molecule has 0 atom stereocenters. The standard InChI is InChI=1S/C12H12F3NO2/c13-12(14,15)9-3-10(16-7-17)5-11(4-9)18-6-8-1-2-8/h3-5,7-8H,1-2,6H2,(H,16,17). The summed E-state index contributed by atoms with van der Waals surface area (Å²) in [5.41, 5.74) is -0.759. The van der Waals surface area contributed by atoms with Crippen molar-refractivity contribution in [1.29, 1.82) is 0 Å². The van der Waals surface area contributed by atoms with E-state index in [0.717, 1.165) is 25.0 Å². The lowest BCUT2D eigenvalue weighted by Crippen LogP contribution is -2.08. The molecule has 0 aromatic heterocycles. The Labute approximate surface area is 102 Å². The Morgan fingerprint density at radius 1 is 1.33 bits per heavy atom. The molecular weight excluding hydrogens is 247 g/mol. The highest BCUT2D eigenvalue weighted by molar-refractivity contribution is 5.72. The largest absolute Gasteiger partial charge is 0.493 e. The van der Waals surface area contributed by atoms with Crippen LogP contribution in [-0.4, -0.2) is 13.0 Å². The fourth-order valence-electron chi connectivity index (χ4n) is 1.50. The molecule has 0 spiro atoms. The predicted octanol–water partition coefficient (Wildman–Crippen LogP) is 3.06. The first-order valence-electron chi connectivity index (χ1n) is 5.54. The summed E-state index contributed by atoms with van der Waals surface area (Å²) in [6.07, 6.45) is -2.02. The van der Waals surface area contributed by atoms with Crippen molar-refractivity contribution in [3.63, 3.8) is 0 Å². The van der Waals surface area contributed by atoms with Crippen LogP contribution in [0.5, 0.6) is 5.75 Å². The van der Waals surface area contributed by atoms with Crippen LogP contribution in [0.2, 0.25) is 0 Å². The van der Waals surface area contributed by atoms with E-state index in [-0.39, 0.29) is 11.4 Å². The van der Waals surface area contributed by atoms with Gasteiger partial charge in [-0.05, 0) is 30.9 Å². The molecule has 1 N–H and O–H groups in total. The van der Waals surface area contributed by atoms with Gasteiger partial charge in [-0.15, -0.1) is 0 Å². The molecule has 0 heterocycles. The minimum absolute atomic E-state index is 0.0746. The minimum atomic E-state index is -4.46. The van der Waals surface area contributed by atoms with Crippen molar-refractivity contribution in [2.45, 2.75) is 19.0 Å². The van der Waals surface area contributed by atoms with Gasteiger partial charge in [0.2, 0.25) is 6.41 Å². The zero-order valence-electron chi connectivity index (χ0n) is 9.46. The van der Waals surface area contributed by atoms with E-state index in [0.29, 0.717) is 18.9 Å². The summed E-state index contributed by atoms with van der Waals surface area (Å²) in [6.45, 7) is 0.418. The Kier molecular flexibility index (Phi) is 3.45. The molecule has 1 aromatic rings. The second-order valence-electron chi connectivity index (χ2n) is 4.26. The van der Waals surface area contributed by atoms with Gasteiger partial charge in [-0.2, -0.15) is 13.2 Å². The van der Waals surface area contributed by atoms with Crippen molar-refractivity contribution >= 4 is 12.1 Å². The van der Waals surface area contributed by atoms with Crippen molar-refractivity contribution in [3.05, 3.63) is 23.8 Å². The molecule has 2 rings (SSSR count). The first-order chi connectivity index (χ1) is 8.49. The molecule has 1 saturated carbocycles. The fraction of sp³-hybridized carbons (Fsp3) is 0.417. The molecule has 0 aliphatic heterocycles. The van der Waals surface area contributed by atoms with E-state index in [2.05, 4.69) is 5.32 Å². The van der Waals surface area contributed by atoms with Gasteiger partial charge < -0.3 is 10.1 Å². The van der Waals surface area contributed by atoms with Crippen LogP contribution in [0.4, 0.5) is 18.9 Å². The van der Waals surface area contributed by atoms with Crippen molar-refractivity contribution in [2.24, 2.45) is 5.92 Å². The monoisotopic (exact) mass is 259 g/mol. The van der Waals surface area contributed by atoms with Crippen LogP contribution in [0.3, 0.4) is 0 Å². The van der Waals surface area contributed by atoms with Gasteiger partial charge in [-0.25, -0.2) is 0 Å². The van der Waals surface area contributed by atoms with Gasteiger partial charge >= 0.3 is 6.18 Å². The average Bonchev–Trinajstić information content (AvgIpc) is 3.09. The van der Waals surface area contributed by atoms with E-state index >= 15 is 0 Å². The van der Waals surface area contributed by atoms with Crippen LogP contribution < -0.4 is 10.1 Å². The van der Waals surface area contributed by atoms with Crippen LogP contribution in [0.1, 0.15) is 18.4 Å². The van der Waals surface area contributed by atoms with E-state index in [1.54, 1.807) is 0 Å². The number of hydrogen-bond donors (Lipinski definition) is 1. The SMILES string of the molecule is O=CNc1cc(OCC2CC2)cc(C(F)(F)F)c1. The number of rotatable bonds is 5. The molecule has 3 nitrogen and oxygen atoms in total. The lowest BCUT2D eigenvalue weighted by molar-refractivity contribution is -0.137. The number of hydrogen-bond acceptors (Lipinski definition) is 2. The smallest absolute Gasteiger partial charge is 0.416 e. The molecule has 1 fully saturated rings. The molecule has 1 amide bonds. The summed E-state index contributed by atoms with van der Waals surface area (Å²) in [5, 5.41) is 2.20. The average molecular weight is 259 g/mol. The second kappa shape index (κ2) is 4.88. The number of alkyl halides is 3. The first-order valence-corrected chi connectivity index (χ1v) is 5.54. The maximum Gasteiger partial charge on any atom is 0.416 e. The molecule has 0 radical (unpaired) electrons. The van der Waals surface area contributed by atoms with Gasteiger partial charge in [-0.1, -0.05) is 0 Å². The first kappa shape index (κ1) is 12.7. The molecule has 1 aliphatic carbocycles. The van der Waals surface area contributed by atoms with E-state index in [1.807, 2.05) is 0 Å². The van der Waals surface area contributed by atoms with Crippen LogP contribution in [0.25, 0.3) is 0 Å². The zero-order valence-corrected chi connectivity index (χ0v) is 9.46. The van der Waals surface area contributed by atoms with E-state index in [4.69, 9.17) is 4.74 Å². The van der Waals surface area contributed by atoms with Crippen molar-refractivity contribution in [1.82, 2.24) is 0 Å². The van der Waals surface area contributed by atoms with Crippen LogP contribution in [-0.2, 0) is 11.0 Å². The summed E-state index contributed by atoms with van der Waals surface area (Å²) >= 11 is 0. The van der Waals surface area contributed by atoms with Gasteiger partial charge in [0.25, 0.3) is 0 Å². The Morgan fingerprint density at radius 3 is 2.61 bits per heavy atom. The van der Waals surface area contributed by atoms with Crippen molar-refractivity contribution in [2.75, 3.05) is 11.9 Å². The number of ether oxygens (including phenoxy) is 1. The lowest BCUT2D eigenvalue weighted by Gasteiger charge is -2.12. The Balaban J connectivity index is 2.20. The number of amides is 1. The summed E-state index contributed by atoms with van der Waals surface area (Å²) < 4.78 is 43.2. The molecule has 1 aliphatic rings. The zero-order chi connectivity index (χ0) is 13.2. The summed E-state index contributed by atoms with van der Waals surface area (Å²) in [7, 11) is 0. The maximum absolute atomic E-state index is 12.6. The molecule has 1 aromatic carbocycles. The highest BCUT2D eigenvalue weighted by Crippen LogP contribution is 2.35. The number of halogens is 3. The molecule has 98 valence electrons. The highest BCUT2D eigenvalue weighted by atomic mass is 19.4. The number of nitrogens with one attached hydrogen (secondary N) is 1. The van der Waals surface area contributed by atoms with Gasteiger partial charge in [-0.3, -0.25) is 4.79 Å². The van der Waals surface area contributed by atoms with Gasteiger partial charge in [0.15, 0.2) is 0 Å². The Morgan fingerprint density at radius 2 is 2.06 bits per heavy atom. The second-order valence-corrected chi connectivity index (χ2v) is 4.26. The van der Waals surface area contributed by atoms with Crippen molar-refractivity contribution < 1.29 is 22.7 Å². The summed E-state index contributed by atoms with van der Waals surface area (Å²) in [6, 6.07) is 3.20. The number of anilines is 1. The minimum Gasteiger partial charge on any atom is -0.493 e. The molecule has 0 saturated heterocycles. The Hall–Kier alpha value is -1.72. The number of benzene rings is 1. The van der Waals surface area contributed by atoms with Gasteiger partial charge in [0.1, 0.15) is 5.75 Å². The lowest BCUT2D eigenvalue weighted by atomic mass is 10.2. The van der Waals surface area contributed by atoms with E-state index in [9.17, 15) is 18.0 Å². The number of carbonyl (C=O) groups excluding carboxylic acids is 1. The Bertz CT molecular complexity index is 441. The quantitative estimate of drug-likeness (QED) is 0.825. The maximum atomic E-state index is 12.6. The van der Waals surface area contributed by atoms with Crippen LogP contribution >= 0.6 is 0 Å². The molecular formula is C12H12F3NO2. The van der Waals surface area contributed by atoms with Crippen LogP contribution in [0, 0.1) is 5.92 Å². The highest BCUT2D eigenvalue weighted by Gasteiger charge is 2.31. The normalized spacial score (nSPS) is 15.3. The summed E-state index contributed by atoms with van der Waals surface area (Å²) in [4.78, 5) is 10.3. The van der Waals surface area contributed by atoms with Crippen molar-refractivity contribution in [3.8, 4) is 5.75 Å². The predicted molar refractivity (Wildman–Crippen MR) is 59.3 cm³/mol. The third-order valence-corrected chi connectivity index (χ3v) is 2.64. The number of carbonyl (C=O) groups is 1. The summed E-state index contributed by atoms with van der Waals surface area (Å²) in [5.74, 6) is 0.572.